The largest absolute Gasteiger partial charge is 0.494 e. The summed E-state index contributed by atoms with van der Waals surface area (Å²) < 4.78 is 5.50. The molecule has 0 aliphatic heterocycles. The predicted octanol–water partition coefficient (Wildman–Crippen LogP) is 5.49. The van der Waals surface area contributed by atoms with E-state index >= 15 is 0 Å². The highest BCUT2D eigenvalue weighted by molar-refractivity contribution is 6.21. The van der Waals surface area contributed by atoms with Gasteiger partial charge in [0.15, 0.2) is 0 Å². The van der Waals surface area contributed by atoms with Gasteiger partial charge in [-0.2, -0.15) is 0 Å². The molecule has 0 spiro atoms. The summed E-state index contributed by atoms with van der Waals surface area (Å²) in [7, 11) is 0. The SMILES string of the molecule is CCOc1ccc(C(Cl)C2CCCc3ccccc32)cc1. The van der Waals surface area contributed by atoms with Crippen molar-refractivity contribution in [1.29, 1.82) is 0 Å². The quantitative estimate of drug-likeness (QED) is 0.679. The van der Waals surface area contributed by atoms with E-state index in [0.717, 1.165) is 5.75 Å². The van der Waals surface area contributed by atoms with Crippen LogP contribution in [-0.2, 0) is 6.42 Å². The molecule has 2 atom stereocenters. The number of fused-ring (bicyclic) bond motifs is 1. The zero-order valence-corrected chi connectivity index (χ0v) is 13.1. The van der Waals surface area contributed by atoms with E-state index in [0.29, 0.717) is 12.5 Å². The summed E-state index contributed by atoms with van der Waals surface area (Å²) in [6.07, 6.45) is 3.57. The topological polar surface area (TPSA) is 9.23 Å². The molecule has 2 heteroatoms. The molecule has 2 aromatic carbocycles. The van der Waals surface area contributed by atoms with Crippen molar-refractivity contribution in [1.82, 2.24) is 0 Å². The molecule has 110 valence electrons. The summed E-state index contributed by atoms with van der Waals surface area (Å²) in [5.41, 5.74) is 4.07. The van der Waals surface area contributed by atoms with Crippen molar-refractivity contribution in [2.75, 3.05) is 6.61 Å². The van der Waals surface area contributed by atoms with E-state index in [9.17, 15) is 0 Å². The van der Waals surface area contributed by atoms with E-state index in [1.54, 1.807) is 0 Å². The second-order valence-electron chi connectivity index (χ2n) is 5.60. The van der Waals surface area contributed by atoms with Crippen molar-refractivity contribution in [2.24, 2.45) is 0 Å². The highest BCUT2D eigenvalue weighted by Gasteiger charge is 2.27. The molecule has 1 nitrogen and oxygen atoms in total. The van der Waals surface area contributed by atoms with Crippen LogP contribution in [0.5, 0.6) is 5.75 Å². The van der Waals surface area contributed by atoms with Crippen LogP contribution in [0.4, 0.5) is 0 Å². The fraction of sp³-hybridized carbons (Fsp3) is 0.368. The van der Waals surface area contributed by atoms with Crippen molar-refractivity contribution < 1.29 is 4.74 Å². The van der Waals surface area contributed by atoms with Gasteiger partial charge < -0.3 is 4.74 Å². The third-order valence-electron chi connectivity index (χ3n) is 4.28. The first-order valence-electron chi connectivity index (χ1n) is 7.74. The van der Waals surface area contributed by atoms with Gasteiger partial charge in [-0.15, -0.1) is 11.6 Å². The third-order valence-corrected chi connectivity index (χ3v) is 4.83. The van der Waals surface area contributed by atoms with Gasteiger partial charge in [0.05, 0.1) is 12.0 Å². The summed E-state index contributed by atoms with van der Waals surface area (Å²) in [5, 5.41) is 0.0297. The summed E-state index contributed by atoms with van der Waals surface area (Å²) in [5.74, 6) is 1.32. The number of halogens is 1. The Morgan fingerprint density at radius 2 is 1.90 bits per heavy atom. The number of aryl methyl sites for hydroxylation is 1. The molecule has 21 heavy (non-hydrogen) atoms. The average molecular weight is 301 g/mol. The van der Waals surface area contributed by atoms with Crippen LogP contribution in [0.3, 0.4) is 0 Å². The minimum Gasteiger partial charge on any atom is -0.494 e. The second kappa shape index (κ2) is 6.53. The fourth-order valence-corrected chi connectivity index (χ4v) is 3.65. The lowest BCUT2D eigenvalue weighted by Gasteiger charge is -2.29. The molecule has 1 aliphatic carbocycles. The first-order valence-corrected chi connectivity index (χ1v) is 8.18. The van der Waals surface area contributed by atoms with E-state index in [4.69, 9.17) is 16.3 Å². The molecule has 0 radical (unpaired) electrons. The van der Waals surface area contributed by atoms with Gasteiger partial charge in [0.2, 0.25) is 0 Å². The Morgan fingerprint density at radius 3 is 2.67 bits per heavy atom. The monoisotopic (exact) mass is 300 g/mol. The van der Waals surface area contributed by atoms with Crippen molar-refractivity contribution >= 4 is 11.6 Å². The van der Waals surface area contributed by atoms with E-state index in [1.807, 2.05) is 19.1 Å². The minimum absolute atomic E-state index is 0.0297. The standard InChI is InChI=1S/C19H21ClO/c1-2-21-16-12-10-15(11-13-16)19(20)18-9-5-7-14-6-3-4-8-17(14)18/h3-4,6,8,10-13,18-19H,2,5,7,9H2,1H3. The smallest absolute Gasteiger partial charge is 0.119 e. The van der Waals surface area contributed by atoms with Crippen molar-refractivity contribution in [2.45, 2.75) is 37.5 Å². The lowest BCUT2D eigenvalue weighted by molar-refractivity contribution is 0.340. The Morgan fingerprint density at radius 1 is 1.14 bits per heavy atom. The maximum Gasteiger partial charge on any atom is 0.119 e. The van der Waals surface area contributed by atoms with Crippen LogP contribution >= 0.6 is 11.6 Å². The van der Waals surface area contributed by atoms with Crippen LogP contribution in [0.1, 0.15) is 47.8 Å². The molecule has 2 unspecified atom stereocenters. The van der Waals surface area contributed by atoms with Gasteiger partial charge in [-0.1, -0.05) is 36.4 Å². The summed E-state index contributed by atoms with van der Waals surface area (Å²) in [4.78, 5) is 0. The Bertz CT molecular complexity index is 591. The summed E-state index contributed by atoms with van der Waals surface area (Å²) >= 11 is 6.80. The Labute approximate surface area is 131 Å². The van der Waals surface area contributed by atoms with Gasteiger partial charge in [0.1, 0.15) is 5.75 Å². The van der Waals surface area contributed by atoms with Crippen molar-refractivity contribution in [3.8, 4) is 5.75 Å². The summed E-state index contributed by atoms with van der Waals surface area (Å²) in [6.45, 7) is 2.69. The van der Waals surface area contributed by atoms with Gasteiger partial charge >= 0.3 is 0 Å². The van der Waals surface area contributed by atoms with E-state index in [1.165, 1.54) is 36.0 Å². The molecule has 0 saturated heterocycles. The Hall–Kier alpha value is -1.47. The van der Waals surface area contributed by atoms with E-state index < -0.39 is 0 Å². The minimum atomic E-state index is 0.0297. The third kappa shape index (κ3) is 3.08. The van der Waals surface area contributed by atoms with Crippen molar-refractivity contribution in [3.63, 3.8) is 0 Å². The van der Waals surface area contributed by atoms with Gasteiger partial charge in [-0.3, -0.25) is 0 Å². The van der Waals surface area contributed by atoms with Crippen LogP contribution < -0.4 is 4.74 Å². The predicted molar refractivity (Wildman–Crippen MR) is 88.3 cm³/mol. The van der Waals surface area contributed by atoms with Crippen LogP contribution in [0, 0.1) is 0 Å². The molecular formula is C19H21ClO. The van der Waals surface area contributed by atoms with Crippen molar-refractivity contribution in [3.05, 3.63) is 65.2 Å². The summed E-state index contributed by atoms with van der Waals surface area (Å²) in [6, 6.07) is 17.0. The highest BCUT2D eigenvalue weighted by Crippen LogP contribution is 2.43. The van der Waals surface area contributed by atoms with Crippen LogP contribution in [0.25, 0.3) is 0 Å². The van der Waals surface area contributed by atoms with Crippen LogP contribution in [0.15, 0.2) is 48.5 Å². The first kappa shape index (κ1) is 14.5. The van der Waals surface area contributed by atoms with Crippen LogP contribution in [0.2, 0.25) is 0 Å². The fourth-order valence-electron chi connectivity index (χ4n) is 3.24. The van der Waals surface area contributed by atoms with Gasteiger partial charge in [0, 0.05) is 5.92 Å². The number of ether oxygens (including phenoxy) is 1. The van der Waals surface area contributed by atoms with E-state index in [-0.39, 0.29) is 5.38 Å². The normalized spacial score (nSPS) is 18.9. The molecule has 1 aliphatic rings. The molecule has 0 saturated carbocycles. The first-order chi connectivity index (χ1) is 10.3. The molecule has 0 fully saturated rings. The number of hydrogen-bond acceptors (Lipinski definition) is 1. The molecule has 0 bridgehead atoms. The van der Waals surface area contributed by atoms with Gasteiger partial charge in [-0.25, -0.2) is 0 Å². The van der Waals surface area contributed by atoms with Gasteiger partial charge in [-0.05, 0) is 55.0 Å². The van der Waals surface area contributed by atoms with Gasteiger partial charge in [0.25, 0.3) is 0 Å². The second-order valence-corrected chi connectivity index (χ2v) is 6.07. The maximum atomic E-state index is 6.80. The molecule has 2 aromatic rings. The lowest BCUT2D eigenvalue weighted by Crippen LogP contribution is -2.14. The maximum absolute atomic E-state index is 6.80. The molecule has 0 aromatic heterocycles. The number of benzene rings is 2. The molecule has 0 amide bonds. The molecule has 3 rings (SSSR count). The zero-order valence-electron chi connectivity index (χ0n) is 12.4. The average Bonchev–Trinajstić information content (AvgIpc) is 2.55. The number of rotatable bonds is 4. The Kier molecular flexibility index (Phi) is 4.50. The highest BCUT2D eigenvalue weighted by atomic mass is 35.5. The van der Waals surface area contributed by atoms with Crippen LogP contribution in [-0.4, -0.2) is 6.61 Å². The molecule has 0 N–H and O–H groups in total. The van der Waals surface area contributed by atoms with E-state index in [2.05, 4.69) is 36.4 Å². The number of hydrogen-bond donors (Lipinski definition) is 0. The number of alkyl halides is 1. The molecular weight excluding hydrogens is 280 g/mol. The molecule has 0 heterocycles. The Balaban J connectivity index is 1.84. The zero-order chi connectivity index (χ0) is 14.7. The lowest BCUT2D eigenvalue weighted by atomic mass is 9.79.